The van der Waals surface area contributed by atoms with Crippen molar-refractivity contribution in [2.45, 2.75) is 26.3 Å². The van der Waals surface area contributed by atoms with Crippen molar-refractivity contribution in [1.82, 2.24) is 10.2 Å². The first-order valence-corrected chi connectivity index (χ1v) is 6.09. The molecule has 94 valence electrons. The summed E-state index contributed by atoms with van der Waals surface area (Å²) in [5.41, 5.74) is 5.76. The number of ether oxygens (including phenoxy) is 1. The zero-order chi connectivity index (χ0) is 11.8. The number of nitrogens with zero attached hydrogens (tertiary/aromatic N) is 2. The van der Waals surface area contributed by atoms with Crippen LogP contribution in [0.5, 0.6) is 0 Å². The molecule has 3 N–H and O–H groups in total. The molecular formula is C11H24N4O. The number of morpholine rings is 1. The molecule has 0 bridgehead atoms. The summed E-state index contributed by atoms with van der Waals surface area (Å²) in [6.07, 6.45) is 1.03. The molecule has 0 saturated carbocycles. The molecule has 16 heavy (non-hydrogen) atoms. The van der Waals surface area contributed by atoms with Crippen molar-refractivity contribution in [1.29, 1.82) is 0 Å². The summed E-state index contributed by atoms with van der Waals surface area (Å²) in [7, 11) is 0. The molecule has 5 heteroatoms. The quantitative estimate of drug-likeness (QED) is 0.514. The van der Waals surface area contributed by atoms with Crippen LogP contribution in [0.4, 0.5) is 0 Å². The average Bonchev–Trinajstić information content (AvgIpc) is 2.27. The lowest BCUT2D eigenvalue weighted by atomic mass is 10.3. The summed E-state index contributed by atoms with van der Waals surface area (Å²) in [6.45, 7) is 9.71. The van der Waals surface area contributed by atoms with Crippen molar-refractivity contribution in [3.63, 3.8) is 0 Å². The highest BCUT2D eigenvalue weighted by molar-refractivity contribution is 5.78. The molecule has 0 aliphatic carbocycles. The molecule has 1 saturated heterocycles. The van der Waals surface area contributed by atoms with Crippen LogP contribution in [0, 0.1) is 0 Å². The maximum absolute atomic E-state index is 5.76. The highest BCUT2D eigenvalue weighted by Gasteiger charge is 2.13. The Labute approximate surface area is 98.0 Å². The van der Waals surface area contributed by atoms with Crippen LogP contribution >= 0.6 is 0 Å². The van der Waals surface area contributed by atoms with Gasteiger partial charge in [0.15, 0.2) is 5.96 Å². The lowest BCUT2D eigenvalue weighted by molar-refractivity contribution is 0.0352. The number of hydrogen-bond acceptors (Lipinski definition) is 3. The van der Waals surface area contributed by atoms with E-state index < -0.39 is 0 Å². The summed E-state index contributed by atoms with van der Waals surface area (Å²) in [5, 5.41) is 3.21. The molecule has 1 unspecified atom stereocenters. The van der Waals surface area contributed by atoms with E-state index >= 15 is 0 Å². The molecule has 0 aromatic carbocycles. The van der Waals surface area contributed by atoms with Crippen LogP contribution in [0.1, 0.15) is 20.3 Å². The molecule has 0 radical (unpaired) electrons. The fourth-order valence-electron chi connectivity index (χ4n) is 1.75. The Kier molecular flexibility index (Phi) is 6.18. The Hall–Kier alpha value is -0.810. The van der Waals surface area contributed by atoms with Gasteiger partial charge in [0.2, 0.25) is 0 Å². The van der Waals surface area contributed by atoms with Crippen molar-refractivity contribution in [2.24, 2.45) is 10.7 Å². The Morgan fingerprint density at radius 1 is 1.50 bits per heavy atom. The lowest BCUT2D eigenvalue weighted by Gasteiger charge is -2.29. The van der Waals surface area contributed by atoms with Gasteiger partial charge in [-0.3, -0.25) is 9.89 Å². The van der Waals surface area contributed by atoms with E-state index in [0.717, 1.165) is 45.8 Å². The van der Waals surface area contributed by atoms with Crippen LogP contribution in [0.3, 0.4) is 0 Å². The first-order chi connectivity index (χ1) is 7.72. The second-order valence-electron chi connectivity index (χ2n) is 4.23. The van der Waals surface area contributed by atoms with E-state index in [-0.39, 0.29) is 0 Å². The zero-order valence-corrected chi connectivity index (χ0v) is 10.4. The number of aliphatic imine (C=N–C) groups is 1. The first kappa shape index (κ1) is 13.3. The Bertz CT molecular complexity index is 214. The Morgan fingerprint density at radius 2 is 2.19 bits per heavy atom. The normalized spacial score (nSPS) is 20.8. The lowest BCUT2D eigenvalue weighted by Crippen LogP contribution is -2.47. The number of nitrogens with one attached hydrogen (secondary N) is 1. The van der Waals surface area contributed by atoms with Crippen molar-refractivity contribution < 1.29 is 4.74 Å². The molecule has 1 aliphatic heterocycles. The van der Waals surface area contributed by atoms with E-state index in [4.69, 9.17) is 10.5 Å². The highest BCUT2D eigenvalue weighted by Crippen LogP contribution is 1.98. The van der Waals surface area contributed by atoms with E-state index in [9.17, 15) is 0 Å². The average molecular weight is 228 g/mol. The van der Waals surface area contributed by atoms with Crippen molar-refractivity contribution >= 4 is 5.96 Å². The van der Waals surface area contributed by atoms with Gasteiger partial charge in [-0.25, -0.2) is 0 Å². The molecule has 0 spiro atoms. The topological polar surface area (TPSA) is 62.9 Å². The number of hydrogen-bond donors (Lipinski definition) is 2. The van der Waals surface area contributed by atoms with Gasteiger partial charge in [-0.15, -0.1) is 0 Å². The van der Waals surface area contributed by atoms with Gasteiger partial charge in [0.05, 0.1) is 13.2 Å². The highest BCUT2D eigenvalue weighted by atomic mass is 16.5. The molecule has 1 heterocycles. The second-order valence-corrected chi connectivity index (χ2v) is 4.23. The fourth-order valence-corrected chi connectivity index (χ4v) is 1.75. The van der Waals surface area contributed by atoms with Crippen molar-refractivity contribution in [2.75, 3.05) is 39.4 Å². The third-order valence-electron chi connectivity index (χ3n) is 2.54. The van der Waals surface area contributed by atoms with Crippen LogP contribution in [-0.4, -0.2) is 56.3 Å². The van der Waals surface area contributed by atoms with Crippen LogP contribution < -0.4 is 11.1 Å². The van der Waals surface area contributed by atoms with Gasteiger partial charge in [0.1, 0.15) is 0 Å². The second kappa shape index (κ2) is 7.46. The monoisotopic (exact) mass is 228 g/mol. The molecule has 0 aromatic rings. The van der Waals surface area contributed by atoms with Gasteiger partial charge in [-0.05, 0) is 13.3 Å². The largest absolute Gasteiger partial charge is 0.379 e. The van der Waals surface area contributed by atoms with Gasteiger partial charge in [0.25, 0.3) is 0 Å². The van der Waals surface area contributed by atoms with E-state index in [0.29, 0.717) is 12.0 Å². The number of nitrogens with two attached hydrogens (primary N) is 1. The molecule has 5 nitrogen and oxygen atoms in total. The fraction of sp³-hybridized carbons (Fsp3) is 0.909. The molecule has 0 amide bonds. The smallest absolute Gasteiger partial charge is 0.188 e. The first-order valence-electron chi connectivity index (χ1n) is 6.09. The predicted molar refractivity (Wildman–Crippen MR) is 66.6 cm³/mol. The van der Waals surface area contributed by atoms with E-state index in [1.165, 1.54) is 0 Å². The minimum absolute atomic E-state index is 0.332. The summed E-state index contributed by atoms with van der Waals surface area (Å²) < 4.78 is 5.30. The maximum Gasteiger partial charge on any atom is 0.188 e. The van der Waals surface area contributed by atoms with Crippen LogP contribution in [-0.2, 0) is 4.74 Å². The minimum atomic E-state index is 0.332. The molecule has 1 fully saturated rings. The van der Waals surface area contributed by atoms with Gasteiger partial charge in [0, 0.05) is 32.2 Å². The standard InChI is InChI=1S/C11H24N4O/c1-3-4-13-11(12)14-10(2)9-15-5-7-16-8-6-15/h10H,3-9H2,1-2H3,(H3,12,13,14). The van der Waals surface area contributed by atoms with Gasteiger partial charge < -0.3 is 15.8 Å². The summed E-state index contributed by atoms with van der Waals surface area (Å²) in [6, 6.07) is 0.332. The Balaban J connectivity index is 2.20. The minimum Gasteiger partial charge on any atom is -0.379 e. The molecule has 1 atom stereocenters. The van der Waals surface area contributed by atoms with E-state index in [1.807, 2.05) is 0 Å². The number of guanidine groups is 1. The van der Waals surface area contributed by atoms with Gasteiger partial charge in [-0.2, -0.15) is 0 Å². The predicted octanol–water partition coefficient (Wildman–Crippen LogP) is 0.0214. The van der Waals surface area contributed by atoms with Crippen molar-refractivity contribution in [3.05, 3.63) is 0 Å². The van der Waals surface area contributed by atoms with Gasteiger partial charge >= 0.3 is 0 Å². The third kappa shape index (κ3) is 5.32. The summed E-state index contributed by atoms with van der Waals surface area (Å²) in [4.78, 5) is 6.60. The maximum atomic E-state index is 5.76. The SMILES string of the molecule is CCCN=C(N)NC(C)CN1CCOCC1. The van der Waals surface area contributed by atoms with Crippen molar-refractivity contribution in [3.8, 4) is 0 Å². The molecule has 1 aliphatic rings. The summed E-state index contributed by atoms with van der Waals surface area (Å²) in [5.74, 6) is 0.558. The van der Waals surface area contributed by atoms with E-state index in [1.54, 1.807) is 0 Å². The zero-order valence-electron chi connectivity index (χ0n) is 10.4. The molecule has 1 rings (SSSR count). The third-order valence-corrected chi connectivity index (χ3v) is 2.54. The summed E-state index contributed by atoms with van der Waals surface area (Å²) >= 11 is 0. The van der Waals surface area contributed by atoms with E-state index in [2.05, 4.69) is 29.1 Å². The molecular weight excluding hydrogens is 204 g/mol. The Morgan fingerprint density at radius 3 is 2.81 bits per heavy atom. The number of rotatable bonds is 5. The van der Waals surface area contributed by atoms with Crippen LogP contribution in [0.25, 0.3) is 0 Å². The molecule has 0 aromatic heterocycles. The van der Waals surface area contributed by atoms with Crippen LogP contribution in [0.2, 0.25) is 0 Å². The van der Waals surface area contributed by atoms with Crippen LogP contribution in [0.15, 0.2) is 4.99 Å². The van der Waals surface area contributed by atoms with Gasteiger partial charge in [-0.1, -0.05) is 6.92 Å².